The minimum absolute atomic E-state index is 0.101. The highest BCUT2D eigenvalue weighted by Gasteiger charge is 2.55. The van der Waals surface area contributed by atoms with E-state index in [1.807, 2.05) is 0 Å². The summed E-state index contributed by atoms with van der Waals surface area (Å²) in [5.41, 5.74) is -3.61. The van der Waals surface area contributed by atoms with E-state index in [-0.39, 0.29) is 18.2 Å². The zero-order valence-corrected chi connectivity index (χ0v) is 21.5. The van der Waals surface area contributed by atoms with Gasteiger partial charge in [-0.3, -0.25) is 4.90 Å². The van der Waals surface area contributed by atoms with E-state index in [2.05, 4.69) is 31.1 Å². The largest absolute Gasteiger partial charge is 0.433 e. The maximum Gasteiger partial charge on any atom is 0.427 e. The number of pyridine rings is 1. The van der Waals surface area contributed by atoms with E-state index in [9.17, 15) is 26.7 Å². The smallest absolute Gasteiger partial charge is 0.427 e. The van der Waals surface area contributed by atoms with Crippen LogP contribution in [0.15, 0.2) is 27.3 Å². The van der Waals surface area contributed by atoms with Gasteiger partial charge in [0.15, 0.2) is 5.82 Å². The average molecular weight is 581 g/mol. The van der Waals surface area contributed by atoms with Gasteiger partial charge in [0, 0.05) is 29.6 Å². The van der Waals surface area contributed by atoms with Crippen LogP contribution in [0.1, 0.15) is 71.0 Å². The quantitative estimate of drug-likeness (QED) is 0.345. The van der Waals surface area contributed by atoms with Crippen molar-refractivity contribution in [2.75, 3.05) is 11.4 Å². The van der Waals surface area contributed by atoms with Crippen LogP contribution in [0.4, 0.5) is 32.6 Å². The maximum atomic E-state index is 13.6. The molecule has 0 spiro atoms. The molecule has 2 aromatic rings. The Morgan fingerprint density at radius 2 is 1.72 bits per heavy atom. The molecule has 0 N–H and O–H groups in total. The zero-order chi connectivity index (χ0) is 26.6. The third-order valence-electron chi connectivity index (χ3n) is 7.40. The van der Waals surface area contributed by atoms with Crippen molar-refractivity contribution < 1.29 is 36.0 Å². The summed E-state index contributed by atoms with van der Waals surface area (Å²) in [6.07, 6.45) is -0.952. The van der Waals surface area contributed by atoms with Gasteiger partial charge in [0.1, 0.15) is 5.82 Å². The van der Waals surface area contributed by atoms with Gasteiger partial charge in [0.25, 0.3) is 5.89 Å². The molecule has 3 fully saturated rings. The van der Waals surface area contributed by atoms with Crippen LogP contribution >= 0.6 is 15.9 Å². The van der Waals surface area contributed by atoms with Crippen molar-refractivity contribution in [3.8, 4) is 0 Å². The number of rotatable bonds is 6. The summed E-state index contributed by atoms with van der Waals surface area (Å²) in [4.78, 5) is 22.4. The molecule has 0 radical (unpaired) electrons. The summed E-state index contributed by atoms with van der Waals surface area (Å²) in [5.74, 6) is -3.55. The predicted octanol–water partition coefficient (Wildman–Crippen LogP) is 6.91. The lowest BCUT2D eigenvalue weighted by Crippen LogP contribution is -2.53. The van der Waals surface area contributed by atoms with Gasteiger partial charge in [0.2, 0.25) is 5.60 Å². The van der Waals surface area contributed by atoms with Gasteiger partial charge in [-0.2, -0.15) is 26.9 Å². The fraction of sp³-hybridized carbons (Fsp3) is 0.652. The molecule has 3 saturated carbocycles. The monoisotopic (exact) mass is 580 g/mol. The van der Waals surface area contributed by atoms with Crippen LogP contribution in [0.25, 0.3) is 0 Å². The first-order valence-corrected chi connectivity index (χ1v) is 12.3. The van der Waals surface area contributed by atoms with Crippen molar-refractivity contribution >= 4 is 27.8 Å². The van der Waals surface area contributed by atoms with Gasteiger partial charge in [-0.05, 0) is 69.9 Å². The lowest BCUT2D eigenvalue weighted by molar-refractivity contribution is -0.243. The number of nitrogens with zero attached hydrogens (tertiary/aromatic N) is 4. The third kappa shape index (κ3) is 5.08. The number of carbonyl (C=O) groups excluding carboxylic acids is 1. The zero-order valence-electron chi connectivity index (χ0n) is 20.0. The predicted molar refractivity (Wildman–Crippen MR) is 122 cm³/mol. The standard InChI is InChI=1S/C23H26BrF5N4O3/c1-19(2,23(27,28)29)35-18(34)33(15-12-14(24)4-11-30-15)13-21-5-8-22(9-6-21,10-7-21)16-31-17(36-32-16)20(3,25)26/h4,11-12H,5-10,13H2,1-3H3. The average Bonchev–Trinajstić information content (AvgIpc) is 3.30. The lowest BCUT2D eigenvalue weighted by atomic mass is 9.53. The van der Waals surface area contributed by atoms with Gasteiger partial charge in [-0.1, -0.05) is 21.1 Å². The first-order chi connectivity index (χ1) is 16.6. The number of hydrogen-bond acceptors (Lipinski definition) is 6. The van der Waals surface area contributed by atoms with Crippen LogP contribution in [0.3, 0.4) is 0 Å². The number of amides is 1. The molecule has 1 amide bonds. The first kappa shape index (κ1) is 26.7. The summed E-state index contributed by atoms with van der Waals surface area (Å²) >= 11 is 3.31. The number of carbonyl (C=O) groups is 1. The molecule has 0 aliphatic heterocycles. The van der Waals surface area contributed by atoms with Crippen molar-refractivity contribution in [3.63, 3.8) is 0 Å². The van der Waals surface area contributed by atoms with E-state index in [1.54, 1.807) is 12.1 Å². The first-order valence-electron chi connectivity index (χ1n) is 11.5. The summed E-state index contributed by atoms with van der Waals surface area (Å²) in [7, 11) is 0. The van der Waals surface area contributed by atoms with Crippen LogP contribution in [0, 0.1) is 5.41 Å². The maximum absolute atomic E-state index is 13.6. The molecule has 2 aromatic heterocycles. The molecule has 2 bridgehead atoms. The number of hydrogen-bond donors (Lipinski definition) is 0. The Morgan fingerprint density at radius 1 is 1.11 bits per heavy atom. The number of anilines is 1. The Morgan fingerprint density at radius 3 is 2.22 bits per heavy atom. The minimum atomic E-state index is -4.76. The van der Waals surface area contributed by atoms with Crippen LogP contribution in [-0.4, -0.2) is 39.5 Å². The molecule has 198 valence electrons. The number of ether oxygens (including phenoxy) is 1. The van der Waals surface area contributed by atoms with Gasteiger partial charge in [-0.15, -0.1) is 0 Å². The second-order valence-electron chi connectivity index (χ2n) is 10.4. The van der Waals surface area contributed by atoms with Crippen molar-refractivity contribution in [1.29, 1.82) is 0 Å². The molecule has 5 rings (SSSR count). The SMILES string of the molecule is CC(F)(F)c1nc(C23CCC(CN(C(=O)OC(C)(C)C(F)(F)F)c4cc(Br)ccn4)(CC2)CC3)no1. The molecular formula is C23H26BrF5N4O3. The second-order valence-corrected chi connectivity index (χ2v) is 11.3. The summed E-state index contributed by atoms with van der Waals surface area (Å²) in [6.45, 7) is 2.39. The topological polar surface area (TPSA) is 81.4 Å². The molecule has 36 heavy (non-hydrogen) atoms. The van der Waals surface area contributed by atoms with Gasteiger partial charge in [-0.25, -0.2) is 9.78 Å². The Kier molecular flexibility index (Phi) is 6.62. The molecule has 0 saturated heterocycles. The molecule has 13 heteroatoms. The van der Waals surface area contributed by atoms with Gasteiger partial charge in [0.05, 0.1) is 0 Å². The van der Waals surface area contributed by atoms with Crippen molar-refractivity contribution in [2.24, 2.45) is 5.41 Å². The Labute approximate surface area is 212 Å². The second kappa shape index (κ2) is 8.91. The Bertz CT molecular complexity index is 1110. The van der Waals surface area contributed by atoms with Crippen LogP contribution in [0.2, 0.25) is 0 Å². The van der Waals surface area contributed by atoms with Crippen molar-refractivity contribution in [3.05, 3.63) is 34.5 Å². The minimum Gasteiger partial charge on any atom is -0.433 e. The van der Waals surface area contributed by atoms with E-state index >= 15 is 0 Å². The third-order valence-corrected chi connectivity index (χ3v) is 7.89. The van der Waals surface area contributed by atoms with Gasteiger partial charge >= 0.3 is 18.2 Å². The molecule has 7 nitrogen and oxygen atoms in total. The van der Waals surface area contributed by atoms with E-state index in [0.29, 0.717) is 49.9 Å². The molecule has 0 unspecified atom stereocenters. The van der Waals surface area contributed by atoms with E-state index in [1.165, 1.54) is 6.20 Å². The molecular weight excluding hydrogens is 555 g/mol. The highest BCUT2D eigenvalue weighted by molar-refractivity contribution is 9.10. The molecule has 0 atom stereocenters. The molecule has 3 aliphatic rings. The van der Waals surface area contributed by atoms with Crippen molar-refractivity contribution in [1.82, 2.24) is 15.1 Å². The van der Waals surface area contributed by atoms with E-state index < -0.39 is 40.5 Å². The summed E-state index contributed by atoms with van der Waals surface area (Å²) in [6, 6.07) is 3.18. The summed E-state index contributed by atoms with van der Waals surface area (Å²) in [5, 5.41) is 3.83. The van der Waals surface area contributed by atoms with Crippen LogP contribution in [0.5, 0.6) is 0 Å². The highest BCUT2D eigenvalue weighted by atomic mass is 79.9. The fourth-order valence-electron chi connectivity index (χ4n) is 4.90. The Balaban J connectivity index is 1.56. The van der Waals surface area contributed by atoms with E-state index in [0.717, 1.165) is 18.7 Å². The number of fused-ring (bicyclic) bond motifs is 3. The van der Waals surface area contributed by atoms with Gasteiger partial charge < -0.3 is 9.26 Å². The number of halogens is 6. The normalized spacial score (nSPS) is 24.6. The van der Waals surface area contributed by atoms with Crippen LogP contribution in [-0.2, 0) is 16.1 Å². The highest BCUT2D eigenvalue weighted by Crippen LogP contribution is 2.57. The fourth-order valence-corrected chi connectivity index (χ4v) is 5.22. The number of aromatic nitrogens is 3. The van der Waals surface area contributed by atoms with E-state index in [4.69, 9.17) is 9.26 Å². The summed E-state index contributed by atoms with van der Waals surface area (Å²) < 4.78 is 77.8. The van der Waals surface area contributed by atoms with Crippen LogP contribution < -0.4 is 4.90 Å². The lowest BCUT2D eigenvalue weighted by Gasteiger charge is -2.53. The number of alkyl halides is 5. The Hall–Kier alpha value is -2.31. The van der Waals surface area contributed by atoms with Crippen molar-refractivity contribution in [2.45, 2.75) is 82.4 Å². The molecule has 2 heterocycles. The molecule has 0 aromatic carbocycles. The molecule has 3 aliphatic carbocycles.